The molecule has 0 fully saturated rings. The Morgan fingerprint density at radius 1 is 0.857 bits per heavy atom. The average molecular weight is 531 g/mol. The molecule has 1 N–H and O–H groups in total. The number of carbonyl (C=O) groups excluding carboxylic acids is 2. The maximum atomic E-state index is 13.6. The van der Waals surface area contributed by atoms with Crippen LogP contribution in [0.1, 0.15) is 11.1 Å². The second-order valence-electron chi connectivity index (χ2n) is 8.21. The third-order valence-corrected chi connectivity index (χ3v) is 6.71. The van der Waals surface area contributed by atoms with Gasteiger partial charge in [-0.15, -0.1) is 0 Å². The number of nitrogens with zero attached hydrogens (tertiary/aromatic N) is 1. The van der Waals surface area contributed by atoms with Gasteiger partial charge in [0, 0.05) is 20.0 Å². The number of benzene rings is 4. The predicted molar refractivity (Wildman–Crippen MR) is 142 cm³/mol. The Labute approximate surface area is 213 Å². The molecular weight excluding hydrogens is 504 g/mol. The summed E-state index contributed by atoms with van der Waals surface area (Å²) in [7, 11) is 1.59. The van der Waals surface area contributed by atoms with Gasteiger partial charge in [0.25, 0.3) is 5.91 Å². The molecule has 5 nitrogen and oxygen atoms in total. The van der Waals surface area contributed by atoms with Crippen molar-refractivity contribution in [2.75, 3.05) is 13.7 Å². The summed E-state index contributed by atoms with van der Waals surface area (Å²) in [5.74, 6) is 0.0970. The van der Waals surface area contributed by atoms with Crippen LogP contribution in [0.2, 0.25) is 0 Å². The van der Waals surface area contributed by atoms with Crippen LogP contribution in [-0.4, -0.2) is 36.4 Å². The van der Waals surface area contributed by atoms with E-state index < -0.39 is 6.04 Å². The molecule has 4 aromatic rings. The maximum absolute atomic E-state index is 13.6. The van der Waals surface area contributed by atoms with Crippen LogP contribution < -0.4 is 10.1 Å². The Hall–Kier alpha value is -3.64. The lowest BCUT2D eigenvalue weighted by atomic mass is 10.0. The number of hydrogen-bond donors (Lipinski definition) is 1. The number of amides is 2. The van der Waals surface area contributed by atoms with E-state index in [4.69, 9.17) is 4.74 Å². The third kappa shape index (κ3) is 6.08. The van der Waals surface area contributed by atoms with Crippen LogP contribution in [0, 0.1) is 0 Å². The lowest BCUT2D eigenvalue weighted by Crippen LogP contribution is -2.51. The fourth-order valence-electron chi connectivity index (χ4n) is 4.05. The highest BCUT2D eigenvalue weighted by Gasteiger charge is 2.30. The van der Waals surface area contributed by atoms with E-state index >= 15 is 0 Å². The molecule has 0 spiro atoms. The van der Waals surface area contributed by atoms with E-state index in [1.807, 2.05) is 97.1 Å². The lowest BCUT2D eigenvalue weighted by Gasteiger charge is -2.31. The Kier molecular flexibility index (Phi) is 8.16. The number of nitrogens with one attached hydrogen (secondary N) is 1. The summed E-state index contributed by atoms with van der Waals surface area (Å²) in [6.07, 6.45) is 0.402. The zero-order valence-corrected chi connectivity index (χ0v) is 21.1. The van der Waals surface area contributed by atoms with Gasteiger partial charge in [-0.3, -0.25) is 9.59 Å². The standard InChI is InChI=1S/C29H27BrN2O3/c1-31-29(34)25(18-21-10-4-2-5-11-21)32(19-22-12-6-3-7-13-22)27(33)20-35-26-17-16-23-14-8-9-15-24(23)28(26)30/h2-17,25H,18-20H2,1H3,(H,31,34)/t25-/m1/s1. The Balaban J connectivity index is 1.60. The predicted octanol–water partition coefficient (Wildman–Crippen LogP) is 5.37. The van der Waals surface area contributed by atoms with Gasteiger partial charge in [0.2, 0.25) is 5.91 Å². The van der Waals surface area contributed by atoms with Gasteiger partial charge in [0.1, 0.15) is 11.8 Å². The second-order valence-corrected chi connectivity index (χ2v) is 9.01. The van der Waals surface area contributed by atoms with E-state index in [1.165, 1.54) is 0 Å². The Bertz CT molecular complexity index is 1300. The van der Waals surface area contributed by atoms with Crippen molar-refractivity contribution >= 4 is 38.5 Å². The van der Waals surface area contributed by atoms with Crippen molar-refractivity contribution in [3.63, 3.8) is 0 Å². The van der Waals surface area contributed by atoms with E-state index in [9.17, 15) is 9.59 Å². The summed E-state index contributed by atoms with van der Waals surface area (Å²) >= 11 is 3.62. The van der Waals surface area contributed by atoms with Gasteiger partial charge in [0.05, 0.1) is 4.47 Å². The molecule has 4 rings (SSSR count). The smallest absolute Gasteiger partial charge is 0.261 e. The highest BCUT2D eigenvalue weighted by molar-refractivity contribution is 9.10. The first-order valence-electron chi connectivity index (χ1n) is 11.5. The van der Waals surface area contributed by atoms with E-state index in [0.717, 1.165) is 26.4 Å². The quantitative estimate of drug-likeness (QED) is 0.316. The van der Waals surface area contributed by atoms with Crippen LogP contribution in [0.15, 0.2) is 102 Å². The highest BCUT2D eigenvalue weighted by atomic mass is 79.9. The van der Waals surface area contributed by atoms with Gasteiger partial charge >= 0.3 is 0 Å². The van der Waals surface area contributed by atoms with Gasteiger partial charge in [-0.2, -0.15) is 0 Å². The molecule has 4 aromatic carbocycles. The number of carbonyl (C=O) groups is 2. The number of likely N-dealkylation sites (N-methyl/N-ethyl adjacent to an activating group) is 1. The van der Waals surface area contributed by atoms with E-state index in [1.54, 1.807) is 11.9 Å². The zero-order chi connectivity index (χ0) is 24.6. The van der Waals surface area contributed by atoms with Crippen molar-refractivity contribution in [3.05, 3.63) is 113 Å². The summed E-state index contributed by atoms with van der Waals surface area (Å²) in [4.78, 5) is 28.1. The number of hydrogen-bond acceptors (Lipinski definition) is 3. The van der Waals surface area contributed by atoms with Crippen LogP contribution in [0.25, 0.3) is 10.8 Å². The van der Waals surface area contributed by atoms with Gasteiger partial charge < -0.3 is 15.0 Å². The van der Waals surface area contributed by atoms with Crippen LogP contribution in [0.4, 0.5) is 0 Å². The summed E-state index contributed by atoms with van der Waals surface area (Å²) in [5.41, 5.74) is 1.92. The van der Waals surface area contributed by atoms with E-state index in [2.05, 4.69) is 21.2 Å². The minimum atomic E-state index is -0.682. The van der Waals surface area contributed by atoms with Gasteiger partial charge in [-0.25, -0.2) is 0 Å². The van der Waals surface area contributed by atoms with Crippen LogP contribution in [0.3, 0.4) is 0 Å². The molecule has 178 valence electrons. The zero-order valence-electron chi connectivity index (χ0n) is 19.5. The minimum absolute atomic E-state index is 0.188. The monoisotopic (exact) mass is 530 g/mol. The first-order chi connectivity index (χ1) is 17.1. The molecule has 0 aliphatic rings. The molecule has 6 heteroatoms. The number of halogens is 1. The molecule has 0 bridgehead atoms. The van der Waals surface area contributed by atoms with Gasteiger partial charge in [-0.05, 0) is 43.9 Å². The fraction of sp³-hybridized carbons (Fsp3) is 0.172. The lowest BCUT2D eigenvalue weighted by molar-refractivity contribution is -0.142. The minimum Gasteiger partial charge on any atom is -0.483 e. The summed E-state index contributed by atoms with van der Waals surface area (Å²) < 4.78 is 6.77. The third-order valence-electron chi connectivity index (χ3n) is 5.89. The molecule has 0 aliphatic heterocycles. The van der Waals surface area contributed by atoms with Crippen LogP contribution >= 0.6 is 15.9 Å². The van der Waals surface area contributed by atoms with E-state index in [-0.39, 0.29) is 18.4 Å². The molecule has 2 amide bonds. The molecule has 0 saturated carbocycles. The number of rotatable bonds is 9. The Morgan fingerprint density at radius 2 is 1.49 bits per heavy atom. The highest BCUT2D eigenvalue weighted by Crippen LogP contribution is 2.33. The first kappa shape index (κ1) is 24.5. The second kappa shape index (κ2) is 11.7. The van der Waals surface area contributed by atoms with Crippen molar-refractivity contribution in [3.8, 4) is 5.75 Å². The molecule has 0 unspecified atom stereocenters. The normalized spacial score (nSPS) is 11.6. The van der Waals surface area contributed by atoms with Gasteiger partial charge in [-0.1, -0.05) is 91.0 Å². The molecule has 0 aromatic heterocycles. The summed E-state index contributed by atoms with van der Waals surface area (Å²) in [6, 6.07) is 30.5. The number of ether oxygens (including phenoxy) is 1. The molecule has 0 heterocycles. The SMILES string of the molecule is CNC(=O)[C@@H](Cc1ccccc1)N(Cc1ccccc1)C(=O)COc1ccc2ccccc2c1Br. The first-order valence-corrected chi connectivity index (χ1v) is 12.2. The average Bonchev–Trinajstić information content (AvgIpc) is 2.91. The molecule has 0 saturated heterocycles. The summed E-state index contributed by atoms with van der Waals surface area (Å²) in [5, 5.41) is 4.81. The largest absolute Gasteiger partial charge is 0.483 e. The molecule has 35 heavy (non-hydrogen) atoms. The summed E-state index contributed by atoms with van der Waals surface area (Å²) in [6.45, 7) is 0.110. The van der Waals surface area contributed by atoms with Crippen molar-refractivity contribution in [2.24, 2.45) is 0 Å². The van der Waals surface area contributed by atoms with Crippen LogP contribution in [-0.2, 0) is 22.6 Å². The molecule has 0 aliphatic carbocycles. The molecule has 0 radical (unpaired) electrons. The van der Waals surface area contributed by atoms with E-state index in [0.29, 0.717) is 18.7 Å². The van der Waals surface area contributed by atoms with Crippen molar-refractivity contribution in [2.45, 2.75) is 19.0 Å². The maximum Gasteiger partial charge on any atom is 0.261 e. The van der Waals surface area contributed by atoms with Gasteiger partial charge in [0.15, 0.2) is 6.61 Å². The fourth-order valence-corrected chi connectivity index (χ4v) is 4.66. The number of fused-ring (bicyclic) bond motifs is 1. The molecule has 1 atom stereocenters. The van der Waals surface area contributed by atoms with Crippen molar-refractivity contribution in [1.82, 2.24) is 10.2 Å². The Morgan fingerprint density at radius 3 is 2.17 bits per heavy atom. The van der Waals surface area contributed by atoms with Crippen molar-refractivity contribution in [1.29, 1.82) is 0 Å². The molecular formula is C29H27BrN2O3. The van der Waals surface area contributed by atoms with Crippen LogP contribution in [0.5, 0.6) is 5.75 Å². The topological polar surface area (TPSA) is 58.6 Å². The van der Waals surface area contributed by atoms with Crippen molar-refractivity contribution < 1.29 is 14.3 Å².